The molecule has 0 saturated heterocycles. The van der Waals surface area contributed by atoms with Crippen LogP contribution < -0.4 is 0 Å². The topological polar surface area (TPSA) is 77.5 Å². The van der Waals surface area contributed by atoms with E-state index in [9.17, 15) is 16.8 Å². The van der Waals surface area contributed by atoms with Crippen LogP contribution in [0.2, 0.25) is 0 Å². The molecular weight excluding hydrogens is 276 g/mol. The van der Waals surface area contributed by atoms with Crippen molar-refractivity contribution in [2.24, 2.45) is 0 Å². The Hall–Kier alpha value is -0.920. The number of hydrogen-bond donors (Lipinski definition) is 0. The summed E-state index contributed by atoms with van der Waals surface area (Å²) in [6.45, 7) is 0.0525. The third-order valence-electron chi connectivity index (χ3n) is 2.26. The van der Waals surface area contributed by atoms with E-state index in [1.807, 2.05) is 0 Å². The van der Waals surface area contributed by atoms with Gasteiger partial charge in [0.25, 0.3) is 10.1 Å². The molecule has 1 rings (SSSR count). The van der Waals surface area contributed by atoms with Crippen molar-refractivity contribution in [3.8, 4) is 0 Å². The maximum atomic E-state index is 11.5. The van der Waals surface area contributed by atoms with Gasteiger partial charge in [0, 0.05) is 6.26 Å². The Bertz CT molecular complexity index is 602. The van der Waals surface area contributed by atoms with E-state index in [0.717, 1.165) is 12.5 Å². The van der Waals surface area contributed by atoms with Crippen LogP contribution >= 0.6 is 0 Å². The van der Waals surface area contributed by atoms with Crippen molar-refractivity contribution in [3.05, 3.63) is 29.8 Å². The van der Waals surface area contributed by atoms with Crippen molar-refractivity contribution >= 4 is 20.0 Å². The molecule has 0 unspecified atom stereocenters. The van der Waals surface area contributed by atoms with Gasteiger partial charge in [-0.3, -0.25) is 4.18 Å². The van der Waals surface area contributed by atoms with Crippen LogP contribution in [0.3, 0.4) is 0 Å². The van der Waals surface area contributed by atoms with E-state index < -0.39 is 20.0 Å². The lowest BCUT2D eigenvalue weighted by Gasteiger charge is -2.07. The molecule has 0 aliphatic rings. The minimum Gasteiger partial charge on any atom is -0.270 e. The Kier molecular flexibility index (Phi) is 4.89. The minimum absolute atomic E-state index is 0.0525. The quantitative estimate of drug-likeness (QED) is 0.577. The smallest absolute Gasteiger partial charge is 0.264 e. The van der Waals surface area contributed by atoms with Gasteiger partial charge in [-0.25, -0.2) is 8.42 Å². The molecule has 18 heavy (non-hydrogen) atoms. The Balaban J connectivity index is 2.69. The van der Waals surface area contributed by atoms with Crippen LogP contribution in [0.25, 0.3) is 0 Å². The summed E-state index contributed by atoms with van der Waals surface area (Å²) in [5.41, 5.74) is 0.678. The zero-order valence-electron chi connectivity index (χ0n) is 10.3. The van der Waals surface area contributed by atoms with Crippen LogP contribution in [0.5, 0.6) is 0 Å². The molecular formula is C11H16O5S2. The monoisotopic (exact) mass is 292 g/mol. The van der Waals surface area contributed by atoms with Crippen LogP contribution in [-0.2, 0) is 30.6 Å². The van der Waals surface area contributed by atoms with Gasteiger partial charge in [-0.05, 0) is 24.5 Å². The highest BCUT2D eigenvalue weighted by molar-refractivity contribution is 7.90. The van der Waals surface area contributed by atoms with Crippen molar-refractivity contribution in [1.82, 2.24) is 0 Å². The van der Waals surface area contributed by atoms with Gasteiger partial charge in [-0.15, -0.1) is 0 Å². The molecule has 0 radical (unpaired) electrons. The van der Waals surface area contributed by atoms with Crippen molar-refractivity contribution in [2.75, 3.05) is 19.1 Å². The Morgan fingerprint density at radius 3 is 2.22 bits per heavy atom. The van der Waals surface area contributed by atoms with E-state index >= 15 is 0 Å². The highest BCUT2D eigenvalue weighted by Crippen LogP contribution is 2.16. The standard InChI is InChI=1S/C11H16O5S2/c1-17(12,13)11-8-4-3-6-10(11)7-5-9-16-18(2,14)15/h3-4,6,8H,5,7,9H2,1-2H3. The maximum Gasteiger partial charge on any atom is 0.264 e. The highest BCUT2D eigenvalue weighted by Gasteiger charge is 2.12. The zero-order chi connectivity index (χ0) is 13.8. The average Bonchev–Trinajstić information content (AvgIpc) is 2.22. The molecule has 0 bridgehead atoms. The fourth-order valence-corrected chi connectivity index (χ4v) is 2.94. The predicted octanol–water partition coefficient (Wildman–Crippen LogP) is 0.999. The number of aryl methyl sites for hydroxylation is 1. The van der Waals surface area contributed by atoms with E-state index in [1.165, 1.54) is 0 Å². The Morgan fingerprint density at radius 1 is 1.06 bits per heavy atom. The first-order valence-electron chi connectivity index (χ1n) is 5.32. The van der Waals surface area contributed by atoms with E-state index in [1.54, 1.807) is 24.3 Å². The summed E-state index contributed by atoms with van der Waals surface area (Å²) < 4.78 is 49.1. The van der Waals surface area contributed by atoms with Gasteiger partial charge in [0.15, 0.2) is 9.84 Å². The highest BCUT2D eigenvalue weighted by atomic mass is 32.2. The number of rotatable bonds is 6. The number of sulfone groups is 1. The molecule has 0 atom stereocenters. The van der Waals surface area contributed by atoms with Crippen molar-refractivity contribution in [3.63, 3.8) is 0 Å². The fraction of sp³-hybridized carbons (Fsp3) is 0.455. The summed E-state index contributed by atoms with van der Waals surface area (Å²) in [6, 6.07) is 6.67. The summed E-state index contributed by atoms with van der Waals surface area (Å²) in [5, 5.41) is 0. The van der Waals surface area contributed by atoms with Gasteiger partial charge >= 0.3 is 0 Å². The lowest BCUT2D eigenvalue weighted by molar-refractivity contribution is 0.315. The van der Waals surface area contributed by atoms with E-state index in [2.05, 4.69) is 4.18 Å². The van der Waals surface area contributed by atoms with Crippen molar-refractivity contribution < 1.29 is 21.0 Å². The lowest BCUT2D eigenvalue weighted by atomic mass is 10.1. The third-order valence-corrected chi connectivity index (χ3v) is 4.05. The van der Waals surface area contributed by atoms with Crippen LogP contribution in [0, 0.1) is 0 Å². The number of benzene rings is 1. The van der Waals surface area contributed by atoms with Gasteiger partial charge in [-0.1, -0.05) is 18.2 Å². The molecule has 0 aromatic heterocycles. The van der Waals surface area contributed by atoms with Crippen LogP contribution in [0.4, 0.5) is 0 Å². The van der Waals surface area contributed by atoms with E-state index in [4.69, 9.17) is 0 Å². The van der Waals surface area contributed by atoms with Crippen LogP contribution in [-0.4, -0.2) is 36.0 Å². The van der Waals surface area contributed by atoms with Crippen LogP contribution in [0.15, 0.2) is 29.2 Å². The fourth-order valence-electron chi connectivity index (χ4n) is 1.55. The van der Waals surface area contributed by atoms with Gasteiger partial charge < -0.3 is 0 Å². The normalized spacial score (nSPS) is 12.6. The molecule has 1 aromatic rings. The second-order valence-corrected chi connectivity index (χ2v) is 7.64. The Labute approximate surface area is 108 Å². The lowest BCUT2D eigenvalue weighted by Crippen LogP contribution is -2.07. The average molecular weight is 292 g/mol. The minimum atomic E-state index is -3.44. The van der Waals surface area contributed by atoms with Crippen LogP contribution in [0.1, 0.15) is 12.0 Å². The first-order valence-corrected chi connectivity index (χ1v) is 9.03. The van der Waals surface area contributed by atoms with Gasteiger partial charge in [0.2, 0.25) is 0 Å². The number of hydrogen-bond acceptors (Lipinski definition) is 5. The molecule has 1 aromatic carbocycles. The molecule has 0 aliphatic heterocycles. The molecule has 5 nitrogen and oxygen atoms in total. The summed E-state index contributed by atoms with van der Waals surface area (Å²) in [6.07, 6.45) is 3.04. The second-order valence-electron chi connectivity index (χ2n) is 4.01. The SMILES string of the molecule is CS(=O)(=O)OCCCc1ccccc1S(C)(=O)=O. The third kappa shape index (κ3) is 5.16. The molecule has 0 spiro atoms. The summed E-state index contributed by atoms with van der Waals surface area (Å²) >= 11 is 0. The molecule has 0 saturated carbocycles. The molecule has 0 fully saturated rings. The van der Waals surface area contributed by atoms with Gasteiger partial charge in [-0.2, -0.15) is 8.42 Å². The molecule has 0 amide bonds. The Morgan fingerprint density at radius 2 is 1.67 bits per heavy atom. The molecule has 0 aliphatic carbocycles. The first-order chi connectivity index (χ1) is 8.20. The molecule has 0 heterocycles. The van der Waals surface area contributed by atoms with Crippen molar-refractivity contribution in [1.29, 1.82) is 0 Å². The molecule has 102 valence electrons. The van der Waals surface area contributed by atoms with E-state index in [0.29, 0.717) is 18.4 Å². The summed E-state index contributed by atoms with van der Waals surface area (Å²) in [4.78, 5) is 0.282. The summed E-state index contributed by atoms with van der Waals surface area (Å²) in [7, 11) is -6.69. The molecule has 0 N–H and O–H groups in total. The molecule has 7 heteroatoms. The zero-order valence-corrected chi connectivity index (χ0v) is 11.9. The van der Waals surface area contributed by atoms with Crippen molar-refractivity contribution in [2.45, 2.75) is 17.7 Å². The van der Waals surface area contributed by atoms with Gasteiger partial charge in [0.05, 0.1) is 17.8 Å². The second kappa shape index (κ2) is 5.81. The predicted molar refractivity (Wildman–Crippen MR) is 68.7 cm³/mol. The summed E-state index contributed by atoms with van der Waals surface area (Å²) in [5.74, 6) is 0. The van der Waals surface area contributed by atoms with E-state index in [-0.39, 0.29) is 11.5 Å². The first kappa shape index (κ1) is 15.1. The van der Waals surface area contributed by atoms with Gasteiger partial charge in [0.1, 0.15) is 0 Å². The largest absolute Gasteiger partial charge is 0.270 e. The maximum absolute atomic E-state index is 11.5.